The standard InChI is InChI=1S/C12H12FNO2S2/c1-7(2)5-9-10(13)4-3-8(12(15)16)11(9)18-17-6-14/h3-4,7H,5H2,1-2H3,(H,15,16). The van der Waals surface area contributed by atoms with Crippen molar-refractivity contribution in [3.05, 3.63) is 29.1 Å². The van der Waals surface area contributed by atoms with Gasteiger partial charge in [0.1, 0.15) is 11.2 Å². The molecule has 0 spiro atoms. The van der Waals surface area contributed by atoms with E-state index in [9.17, 15) is 9.18 Å². The SMILES string of the molecule is CC(C)Cc1c(F)ccc(C(=O)O)c1SSC#N. The molecule has 0 aliphatic rings. The molecule has 0 unspecified atom stereocenters. The van der Waals surface area contributed by atoms with E-state index in [1.165, 1.54) is 12.1 Å². The van der Waals surface area contributed by atoms with Crippen molar-refractivity contribution < 1.29 is 14.3 Å². The maximum absolute atomic E-state index is 13.8. The van der Waals surface area contributed by atoms with Gasteiger partial charge in [-0.05, 0) is 35.3 Å². The van der Waals surface area contributed by atoms with Crippen LogP contribution in [0.3, 0.4) is 0 Å². The van der Waals surface area contributed by atoms with Gasteiger partial charge in [0.15, 0.2) is 0 Å². The first-order chi connectivity index (χ1) is 8.47. The minimum atomic E-state index is -1.11. The van der Waals surface area contributed by atoms with E-state index >= 15 is 0 Å². The van der Waals surface area contributed by atoms with Crippen LogP contribution in [0.4, 0.5) is 4.39 Å². The van der Waals surface area contributed by atoms with Gasteiger partial charge in [0.25, 0.3) is 0 Å². The minimum absolute atomic E-state index is 0.0415. The number of benzene rings is 1. The molecule has 0 atom stereocenters. The van der Waals surface area contributed by atoms with Gasteiger partial charge in [-0.3, -0.25) is 0 Å². The topological polar surface area (TPSA) is 61.1 Å². The van der Waals surface area contributed by atoms with Crippen LogP contribution >= 0.6 is 21.6 Å². The molecular formula is C12H12FNO2S2. The number of thiocyanates is 1. The number of hydrogen-bond acceptors (Lipinski definition) is 4. The fourth-order valence-electron chi connectivity index (χ4n) is 1.53. The maximum atomic E-state index is 13.8. The van der Waals surface area contributed by atoms with Crippen molar-refractivity contribution in [2.45, 2.75) is 25.2 Å². The van der Waals surface area contributed by atoms with Gasteiger partial charge in [-0.25, -0.2) is 9.18 Å². The summed E-state index contributed by atoms with van der Waals surface area (Å²) in [7, 11) is 1.83. The van der Waals surface area contributed by atoms with Crippen molar-refractivity contribution in [2.75, 3.05) is 0 Å². The second-order valence-electron chi connectivity index (χ2n) is 4.06. The van der Waals surface area contributed by atoms with Crippen molar-refractivity contribution in [1.29, 1.82) is 5.26 Å². The Labute approximate surface area is 113 Å². The normalized spacial score (nSPS) is 10.4. The molecule has 0 aliphatic carbocycles. The molecule has 0 radical (unpaired) electrons. The van der Waals surface area contributed by atoms with Crippen LogP contribution in [0.15, 0.2) is 17.0 Å². The molecule has 0 aromatic heterocycles. The third kappa shape index (κ3) is 3.65. The van der Waals surface area contributed by atoms with Crippen molar-refractivity contribution >= 4 is 27.6 Å². The molecule has 1 N–H and O–H groups in total. The van der Waals surface area contributed by atoms with E-state index in [4.69, 9.17) is 10.4 Å². The Morgan fingerprint density at radius 2 is 2.22 bits per heavy atom. The van der Waals surface area contributed by atoms with Crippen LogP contribution in [0.2, 0.25) is 0 Å². The number of carbonyl (C=O) groups is 1. The van der Waals surface area contributed by atoms with Gasteiger partial charge >= 0.3 is 5.97 Å². The Morgan fingerprint density at radius 3 is 2.72 bits per heavy atom. The molecule has 0 saturated carbocycles. The maximum Gasteiger partial charge on any atom is 0.336 e. The molecule has 0 amide bonds. The average Bonchev–Trinajstić information content (AvgIpc) is 2.29. The van der Waals surface area contributed by atoms with Crippen LogP contribution in [-0.4, -0.2) is 11.1 Å². The highest BCUT2D eigenvalue weighted by Gasteiger charge is 2.19. The lowest BCUT2D eigenvalue weighted by molar-refractivity contribution is 0.0693. The fraction of sp³-hybridized carbons (Fsp3) is 0.333. The average molecular weight is 285 g/mol. The lowest BCUT2D eigenvalue weighted by atomic mass is 10.00. The largest absolute Gasteiger partial charge is 0.478 e. The van der Waals surface area contributed by atoms with Crippen LogP contribution in [-0.2, 0) is 6.42 Å². The van der Waals surface area contributed by atoms with Crippen LogP contribution in [0.25, 0.3) is 0 Å². The zero-order chi connectivity index (χ0) is 13.7. The van der Waals surface area contributed by atoms with E-state index in [2.05, 4.69) is 0 Å². The van der Waals surface area contributed by atoms with Gasteiger partial charge in [0, 0.05) is 21.3 Å². The molecule has 3 nitrogen and oxygen atoms in total. The van der Waals surface area contributed by atoms with Crippen LogP contribution < -0.4 is 0 Å². The van der Waals surface area contributed by atoms with E-state index < -0.39 is 11.8 Å². The van der Waals surface area contributed by atoms with Crippen molar-refractivity contribution in [3.8, 4) is 5.40 Å². The summed E-state index contributed by atoms with van der Waals surface area (Å²) in [6, 6.07) is 2.41. The van der Waals surface area contributed by atoms with Gasteiger partial charge in [-0.2, -0.15) is 5.26 Å². The van der Waals surface area contributed by atoms with E-state index in [-0.39, 0.29) is 11.5 Å². The zero-order valence-electron chi connectivity index (χ0n) is 9.94. The first-order valence-corrected chi connectivity index (χ1v) is 7.39. The molecule has 1 aromatic rings. The lowest BCUT2D eigenvalue weighted by Crippen LogP contribution is -2.06. The predicted octanol–water partition coefficient (Wildman–Crippen LogP) is 3.94. The Balaban J connectivity index is 3.30. The Morgan fingerprint density at radius 1 is 1.56 bits per heavy atom. The van der Waals surface area contributed by atoms with Gasteiger partial charge < -0.3 is 5.11 Å². The number of rotatable bonds is 5. The third-order valence-corrected chi connectivity index (χ3v) is 3.97. The minimum Gasteiger partial charge on any atom is -0.478 e. The first-order valence-electron chi connectivity index (χ1n) is 5.24. The summed E-state index contributed by atoms with van der Waals surface area (Å²) in [5, 5.41) is 19.5. The van der Waals surface area contributed by atoms with Gasteiger partial charge in [-0.1, -0.05) is 13.8 Å². The van der Waals surface area contributed by atoms with Crippen molar-refractivity contribution in [3.63, 3.8) is 0 Å². The fourth-order valence-corrected chi connectivity index (χ4v) is 3.11. The Kier molecular flexibility index (Phi) is 5.51. The number of nitriles is 1. The monoisotopic (exact) mass is 285 g/mol. The highest BCUT2D eigenvalue weighted by Crippen LogP contribution is 2.37. The summed E-state index contributed by atoms with van der Waals surface area (Å²) in [5.74, 6) is -1.33. The molecule has 0 fully saturated rings. The molecule has 1 aromatic carbocycles. The Hall–Kier alpha value is -1.19. The van der Waals surface area contributed by atoms with Gasteiger partial charge in [0.05, 0.1) is 5.56 Å². The van der Waals surface area contributed by atoms with Gasteiger partial charge in [0.2, 0.25) is 0 Å². The van der Waals surface area contributed by atoms with E-state index in [1.807, 2.05) is 19.2 Å². The third-order valence-electron chi connectivity index (χ3n) is 2.21. The molecule has 18 heavy (non-hydrogen) atoms. The van der Waals surface area contributed by atoms with Crippen LogP contribution in [0.5, 0.6) is 0 Å². The predicted molar refractivity (Wildman–Crippen MR) is 71.0 cm³/mol. The van der Waals surface area contributed by atoms with E-state index in [0.717, 1.165) is 21.6 Å². The summed E-state index contributed by atoms with van der Waals surface area (Å²) < 4.78 is 13.8. The molecule has 1 rings (SSSR count). The molecule has 0 bridgehead atoms. The van der Waals surface area contributed by atoms with Crippen molar-refractivity contribution in [2.24, 2.45) is 5.92 Å². The molecule has 96 valence electrons. The quantitative estimate of drug-likeness (QED) is 0.655. The summed E-state index contributed by atoms with van der Waals surface area (Å²) in [6.45, 7) is 3.86. The van der Waals surface area contributed by atoms with Crippen LogP contribution in [0.1, 0.15) is 29.8 Å². The summed E-state index contributed by atoms with van der Waals surface area (Å²) in [6.07, 6.45) is 0.446. The zero-order valence-corrected chi connectivity index (χ0v) is 11.6. The lowest BCUT2D eigenvalue weighted by Gasteiger charge is -2.13. The van der Waals surface area contributed by atoms with Gasteiger partial charge in [-0.15, -0.1) is 0 Å². The summed E-state index contributed by atoms with van der Waals surface area (Å²) >= 11 is 0. The molecule has 0 heterocycles. The second kappa shape index (κ2) is 6.66. The number of carboxylic acids is 1. The summed E-state index contributed by atoms with van der Waals surface area (Å²) in [4.78, 5) is 11.4. The van der Waals surface area contributed by atoms with Crippen LogP contribution in [0, 0.1) is 22.4 Å². The van der Waals surface area contributed by atoms with E-state index in [0.29, 0.717) is 16.9 Å². The highest BCUT2D eigenvalue weighted by atomic mass is 33.1. The molecular weight excluding hydrogens is 273 g/mol. The van der Waals surface area contributed by atoms with Crippen molar-refractivity contribution in [1.82, 2.24) is 0 Å². The number of halogens is 1. The molecule has 0 aliphatic heterocycles. The number of hydrogen-bond donors (Lipinski definition) is 1. The van der Waals surface area contributed by atoms with E-state index in [1.54, 1.807) is 0 Å². The smallest absolute Gasteiger partial charge is 0.336 e. The Bertz CT molecular complexity index is 498. The number of nitrogens with zero attached hydrogens (tertiary/aromatic N) is 1. The number of aromatic carboxylic acids is 1. The highest BCUT2D eigenvalue weighted by molar-refractivity contribution is 8.78. The number of carboxylic acid groups (broad SMARTS) is 1. The molecule has 0 saturated heterocycles. The first kappa shape index (κ1) is 14.9. The summed E-state index contributed by atoms with van der Waals surface area (Å²) in [5.41, 5.74) is 0.414. The molecule has 6 heteroatoms. The second-order valence-corrected chi connectivity index (χ2v) is 5.99.